The Morgan fingerprint density at radius 3 is 2.61 bits per heavy atom. The summed E-state index contributed by atoms with van der Waals surface area (Å²) in [6, 6.07) is 15.1. The minimum absolute atomic E-state index is 0.109. The van der Waals surface area contributed by atoms with Gasteiger partial charge in [-0.3, -0.25) is 9.10 Å². The number of hydrogen-bond acceptors (Lipinski definition) is 8. The molecule has 4 heterocycles. The number of pyridine rings is 2. The van der Waals surface area contributed by atoms with E-state index in [9.17, 15) is 18.5 Å². The molecule has 2 N–H and O–H groups in total. The molecule has 41 heavy (non-hydrogen) atoms. The number of aromatic amines is 1. The SMILES string of the molecule is CN1CCC(NC(=O)c2cccc(-c3cc4c(N(C)c5cccnc5N(C)S(C)(=O)=O)c(C#N)cnc4[nH]3)c2)CC1. The molecule has 5 rings (SSSR count). The number of H-pyrrole nitrogens is 1. The number of anilines is 3. The van der Waals surface area contributed by atoms with Gasteiger partial charge in [0.1, 0.15) is 11.7 Å². The van der Waals surface area contributed by atoms with Crippen LogP contribution in [0, 0.1) is 11.3 Å². The van der Waals surface area contributed by atoms with E-state index in [4.69, 9.17) is 0 Å². The Balaban J connectivity index is 1.52. The first kappa shape index (κ1) is 28.1. The number of fused-ring (bicyclic) bond motifs is 1. The average Bonchev–Trinajstić information content (AvgIpc) is 3.41. The van der Waals surface area contributed by atoms with Crippen molar-refractivity contribution in [2.24, 2.45) is 0 Å². The molecule has 0 radical (unpaired) electrons. The summed E-state index contributed by atoms with van der Waals surface area (Å²) in [4.78, 5) is 29.1. The molecule has 0 saturated carbocycles. The van der Waals surface area contributed by atoms with E-state index in [-0.39, 0.29) is 17.8 Å². The smallest absolute Gasteiger partial charge is 0.251 e. The van der Waals surface area contributed by atoms with E-state index in [2.05, 4.69) is 38.3 Å². The topological polar surface area (TPSA) is 138 Å². The normalized spacial score (nSPS) is 14.5. The van der Waals surface area contributed by atoms with Crippen LogP contribution in [-0.4, -0.2) is 80.7 Å². The van der Waals surface area contributed by atoms with Crippen LogP contribution in [0.15, 0.2) is 54.9 Å². The standard InChI is InChI=1S/C29H32N8O3S/c1-35-13-10-22(11-14-35)33-29(38)20-8-5-7-19(15-20)24-16-23-26(21(17-30)18-32-27(23)34-24)36(2)25-9-6-12-31-28(25)37(3)41(4,39)40/h5-9,12,15-16,18,22H,10-11,13-14H2,1-4H3,(H,32,34)(H,33,38). The van der Waals surface area contributed by atoms with Crippen LogP contribution < -0.4 is 14.5 Å². The summed E-state index contributed by atoms with van der Waals surface area (Å²) in [5, 5.41) is 13.8. The molecule has 0 aliphatic carbocycles. The Hall–Kier alpha value is -4.47. The molecule has 212 valence electrons. The highest BCUT2D eigenvalue weighted by molar-refractivity contribution is 7.92. The molecule has 1 aromatic carbocycles. The van der Waals surface area contributed by atoms with Crippen LogP contribution >= 0.6 is 0 Å². The van der Waals surface area contributed by atoms with Crippen molar-refractivity contribution < 1.29 is 13.2 Å². The molecule has 1 fully saturated rings. The van der Waals surface area contributed by atoms with Gasteiger partial charge in [0.25, 0.3) is 5.91 Å². The molecule has 1 aliphatic rings. The number of likely N-dealkylation sites (tertiary alicyclic amines) is 1. The summed E-state index contributed by atoms with van der Waals surface area (Å²) in [5.41, 5.74) is 3.99. The van der Waals surface area contributed by atoms with Crippen molar-refractivity contribution in [3.05, 3.63) is 66.0 Å². The monoisotopic (exact) mass is 572 g/mol. The van der Waals surface area contributed by atoms with Crippen LogP contribution in [0.5, 0.6) is 0 Å². The third-order valence-electron chi connectivity index (χ3n) is 7.50. The first-order chi connectivity index (χ1) is 19.6. The third-order valence-corrected chi connectivity index (χ3v) is 8.67. The lowest BCUT2D eigenvalue weighted by molar-refractivity contribution is 0.0917. The number of carbonyl (C=O) groups excluding carboxylic acids is 1. The third kappa shape index (κ3) is 5.73. The molecule has 12 heteroatoms. The second-order valence-corrected chi connectivity index (χ2v) is 12.4. The van der Waals surface area contributed by atoms with Gasteiger partial charge in [-0.1, -0.05) is 12.1 Å². The van der Waals surface area contributed by atoms with Crippen molar-refractivity contribution in [3.63, 3.8) is 0 Å². The van der Waals surface area contributed by atoms with Crippen molar-refractivity contribution in [2.45, 2.75) is 18.9 Å². The highest BCUT2D eigenvalue weighted by Crippen LogP contribution is 2.39. The molecule has 0 bridgehead atoms. The molecule has 0 atom stereocenters. The van der Waals surface area contributed by atoms with E-state index in [0.29, 0.717) is 33.5 Å². The van der Waals surface area contributed by atoms with Crippen molar-refractivity contribution in [1.82, 2.24) is 25.2 Å². The van der Waals surface area contributed by atoms with E-state index in [1.165, 1.54) is 19.4 Å². The number of sulfonamides is 1. The van der Waals surface area contributed by atoms with E-state index in [1.54, 1.807) is 30.1 Å². The summed E-state index contributed by atoms with van der Waals surface area (Å²) in [5.74, 6) is 0.118. The summed E-state index contributed by atoms with van der Waals surface area (Å²) in [6.07, 6.45) is 5.96. The van der Waals surface area contributed by atoms with Gasteiger partial charge in [0.15, 0.2) is 5.82 Å². The maximum absolute atomic E-state index is 13.0. The summed E-state index contributed by atoms with van der Waals surface area (Å²) in [7, 11) is 1.70. The maximum Gasteiger partial charge on any atom is 0.251 e. The summed E-state index contributed by atoms with van der Waals surface area (Å²) < 4.78 is 25.7. The van der Waals surface area contributed by atoms with Crippen molar-refractivity contribution in [2.75, 3.05) is 49.7 Å². The lowest BCUT2D eigenvalue weighted by Gasteiger charge is -2.29. The van der Waals surface area contributed by atoms with Crippen molar-refractivity contribution in [3.8, 4) is 17.3 Å². The Morgan fingerprint density at radius 2 is 1.90 bits per heavy atom. The van der Waals surface area contributed by atoms with Gasteiger partial charge in [-0.05, 0) is 68.9 Å². The van der Waals surface area contributed by atoms with E-state index in [0.717, 1.165) is 47.7 Å². The average molecular weight is 573 g/mol. The zero-order chi connectivity index (χ0) is 29.3. The quantitative estimate of drug-likeness (QED) is 0.343. The Kier molecular flexibility index (Phi) is 7.66. The van der Waals surface area contributed by atoms with E-state index >= 15 is 0 Å². The Bertz CT molecular complexity index is 1750. The minimum Gasteiger partial charge on any atom is -0.349 e. The van der Waals surface area contributed by atoms with Crippen LogP contribution in [0.4, 0.5) is 17.2 Å². The Labute approximate surface area is 239 Å². The number of carbonyl (C=O) groups is 1. The number of nitriles is 1. The fraction of sp³-hybridized carbons (Fsp3) is 0.310. The molecular formula is C29H32N8O3S. The molecule has 3 aromatic heterocycles. The number of rotatable bonds is 7. The molecular weight excluding hydrogens is 540 g/mol. The van der Waals surface area contributed by atoms with Crippen molar-refractivity contribution >= 4 is 44.2 Å². The van der Waals surface area contributed by atoms with Gasteiger partial charge >= 0.3 is 0 Å². The van der Waals surface area contributed by atoms with Gasteiger partial charge in [-0.25, -0.2) is 18.4 Å². The number of amides is 1. The Morgan fingerprint density at radius 1 is 1.15 bits per heavy atom. The van der Waals surface area contributed by atoms with Gasteiger partial charge < -0.3 is 20.1 Å². The summed E-state index contributed by atoms with van der Waals surface area (Å²) >= 11 is 0. The molecule has 1 aliphatic heterocycles. The fourth-order valence-corrected chi connectivity index (χ4v) is 5.53. The largest absolute Gasteiger partial charge is 0.349 e. The predicted molar refractivity (Wildman–Crippen MR) is 160 cm³/mol. The molecule has 0 spiro atoms. The van der Waals surface area contributed by atoms with Gasteiger partial charge in [-0.2, -0.15) is 5.26 Å². The van der Waals surface area contributed by atoms with Crippen LogP contribution in [0.2, 0.25) is 0 Å². The number of piperidine rings is 1. The molecule has 1 saturated heterocycles. The number of aromatic nitrogens is 3. The molecule has 4 aromatic rings. The lowest BCUT2D eigenvalue weighted by atomic mass is 10.0. The second kappa shape index (κ2) is 11.2. The summed E-state index contributed by atoms with van der Waals surface area (Å²) in [6.45, 7) is 1.92. The number of nitrogens with one attached hydrogen (secondary N) is 2. The number of nitrogens with zero attached hydrogens (tertiary/aromatic N) is 6. The molecule has 1 amide bonds. The number of hydrogen-bond donors (Lipinski definition) is 2. The van der Waals surface area contributed by atoms with Gasteiger partial charge in [0, 0.05) is 49.2 Å². The molecule has 0 unspecified atom stereocenters. The van der Waals surface area contributed by atoms with Gasteiger partial charge in [0.05, 0.1) is 23.2 Å². The maximum atomic E-state index is 13.0. The van der Waals surface area contributed by atoms with E-state index < -0.39 is 10.0 Å². The van der Waals surface area contributed by atoms with Crippen molar-refractivity contribution in [1.29, 1.82) is 5.26 Å². The highest BCUT2D eigenvalue weighted by atomic mass is 32.2. The highest BCUT2D eigenvalue weighted by Gasteiger charge is 2.24. The predicted octanol–water partition coefficient (Wildman–Crippen LogP) is 3.48. The minimum atomic E-state index is -3.58. The van der Waals surface area contributed by atoms with Crippen LogP contribution in [0.1, 0.15) is 28.8 Å². The zero-order valence-electron chi connectivity index (χ0n) is 23.4. The van der Waals surface area contributed by atoms with Crippen LogP contribution in [0.3, 0.4) is 0 Å². The van der Waals surface area contributed by atoms with Gasteiger partial charge in [0.2, 0.25) is 10.0 Å². The number of benzene rings is 1. The van der Waals surface area contributed by atoms with Crippen LogP contribution in [0.25, 0.3) is 22.3 Å². The zero-order valence-corrected chi connectivity index (χ0v) is 24.2. The fourth-order valence-electron chi connectivity index (χ4n) is 5.08. The van der Waals surface area contributed by atoms with E-state index in [1.807, 2.05) is 24.3 Å². The van der Waals surface area contributed by atoms with Gasteiger partial charge in [-0.15, -0.1) is 0 Å². The first-order valence-corrected chi connectivity index (χ1v) is 15.1. The second-order valence-electron chi connectivity index (χ2n) is 10.3. The van der Waals surface area contributed by atoms with Crippen LogP contribution in [-0.2, 0) is 10.0 Å². The first-order valence-electron chi connectivity index (χ1n) is 13.2. The lowest BCUT2D eigenvalue weighted by Crippen LogP contribution is -2.43. The molecule has 11 nitrogen and oxygen atoms in total.